The van der Waals surface area contributed by atoms with Crippen LogP contribution in [0, 0.1) is 5.92 Å². The topological polar surface area (TPSA) is 43.8 Å². The molecule has 1 unspecified atom stereocenters. The van der Waals surface area contributed by atoms with Gasteiger partial charge in [-0.1, -0.05) is 20.3 Å². The van der Waals surface area contributed by atoms with E-state index in [1.165, 1.54) is 12.8 Å². The zero-order valence-corrected chi connectivity index (χ0v) is 9.71. The summed E-state index contributed by atoms with van der Waals surface area (Å²) in [5.74, 6) is 1.36. The molecule has 0 fully saturated rings. The highest BCUT2D eigenvalue weighted by atomic mass is 79.9. The van der Waals surface area contributed by atoms with Crippen molar-refractivity contribution in [1.29, 1.82) is 0 Å². The maximum Gasteiger partial charge on any atom is 0.136 e. The van der Waals surface area contributed by atoms with E-state index in [0.717, 1.165) is 16.8 Å². The van der Waals surface area contributed by atoms with Crippen LogP contribution >= 0.6 is 15.9 Å². The van der Waals surface area contributed by atoms with Gasteiger partial charge in [0.2, 0.25) is 0 Å². The second-order valence-electron chi connectivity index (χ2n) is 3.45. The standard InChI is InChI=1S/C9H16BrN3/c1-3-4-7(2)6-13-9(11)8(10)5-12-13/h5,7H,3-4,6,11H2,1-2H3. The lowest BCUT2D eigenvalue weighted by Gasteiger charge is -2.10. The Morgan fingerprint density at radius 2 is 2.38 bits per heavy atom. The number of anilines is 1. The lowest BCUT2D eigenvalue weighted by molar-refractivity contribution is 0.424. The fourth-order valence-electron chi connectivity index (χ4n) is 1.40. The molecule has 1 rings (SSSR count). The summed E-state index contributed by atoms with van der Waals surface area (Å²) in [5, 5.41) is 4.18. The van der Waals surface area contributed by atoms with Crippen LogP contribution in [0.1, 0.15) is 26.7 Å². The first-order valence-electron chi connectivity index (χ1n) is 4.62. The Bertz CT molecular complexity index is 270. The van der Waals surface area contributed by atoms with Crippen LogP contribution in [0.25, 0.3) is 0 Å². The molecule has 0 bridgehead atoms. The Labute approximate surface area is 87.4 Å². The summed E-state index contributed by atoms with van der Waals surface area (Å²) in [5.41, 5.74) is 5.80. The van der Waals surface area contributed by atoms with Gasteiger partial charge in [0.25, 0.3) is 0 Å². The Kier molecular flexibility index (Phi) is 3.78. The second kappa shape index (κ2) is 4.65. The van der Waals surface area contributed by atoms with Crippen molar-refractivity contribution < 1.29 is 0 Å². The van der Waals surface area contributed by atoms with Gasteiger partial charge >= 0.3 is 0 Å². The van der Waals surface area contributed by atoms with E-state index in [-0.39, 0.29) is 0 Å². The number of halogens is 1. The van der Waals surface area contributed by atoms with Gasteiger partial charge < -0.3 is 5.73 Å². The predicted molar refractivity (Wildman–Crippen MR) is 58.4 cm³/mol. The summed E-state index contributed by atoms with van der Waals surface area (Å²) in [7, 11) is 0. The number of nitrogens with two attached hydrogens (primary N) is 1. The molecule has 0 radical (unpaired) electrons. The highest BCUT2D eigenvalue weighted by molar-refractivity contribution is 9.10. The van der Waals surface area contributed by atoms with Gasteiger partial charge in [-0.2, -0.15) is 5.10 Å². The van der Waals surface area contributed by atoms with E-state index >= 15 is 0 Å². The summed E-state index contributed by atoms with van der Waals surface area (Å²) in [6, 6.07) is 0. The molecule has 1 heterocycles. The molecule has 13 heavy (non-hydrogen) atoms. The highest BCUT2D eigenvalue weighted by Crippen LogP contribution is 2.19. The Morgan fingerprint density at radius 3 is 2.85 bits per heavy atom. The number of aromatic nitrogens is 2. The third kappa shape index (κ3) is 2.72. The molecule has 1 aromatic heterocycles. The zero-order valence-electron chi connectivity index (χ0n) is 8.13. The molecule has 0 aliphatic heterocycles. The summed E-state index contributed by atoms with van der Waals surface area (Å²) < 4.78 is 2.74. The van der Waals surface area contributed by atoms with Crippen LogP contribution in [-0.4, -0.2) is 9.78 Å². The van der Waals surface area contributed by atoms with Crippen molar-refractivity contribution in [3.63, 3.8) is 0 Å². The molecule has 3 nitrogen and oxygen atoms in total. The normalized spacial score (nSPS) is 13.2. The van der Waals surface area contributed by atoms with E-state index in [2.05, 4.69) is 34.9 Å². The van der Waals surface area contributed by atoms with Crippen LogP contribution in [-0.2, 0) is 6.54 Å². The lowest BCUT2D eigenvalue weighted by Crippen LogP contribution is -2.11. The van der Waals surface area contributed by atoms with Gasteiger partial charge in [0.1, 0.15) is 5.82 Å². The largest absolute Gasteiger partial charge is 0.383 e. The summed E-state index contributed by atoms with van der Waals surface area (Å²) in [6.45, 7) is 5.32. The number of nitrogen functional groups attached to an aromatic ring is 1. The quantitative estimate of drug-likeness (QED) is 0.887. The van der Waals surface area contributed by atoms with Gasteiger partial charge in [0, 0.05) is 6.54 Å². The number of nitrogens with zero attached hydrogens (tertiary/aromatic N) is 2. The Morgan fingerprint density at radius 1 is 1.69 bits per heavy atom. The van der Waals surface area contributed by atoms with Crippen LogP contribution in [0.15, 0.2) is 10.7 Å². The molecule has 0 saturated heterocycles. The number of hydrogen-bond donors (Lipinski definition) is 1. The molecule has 0 aliphatic carbocycles. The van der Waals surface area contributed by atoms with Crippen LogP contribution < -0.4 is 5.73 Å². The maximum absolute atomic E-state index is 5.80. The number of hydrogen-bond acceptors (Lipinski definition) is 2. The molecule has 1 atom stereocenters. The van der Waals surface area contributed by atoms with E-state index in [1.807, 2.05) is 4.68 Å². The van der Waals surface area contributed by atoms with E-state index in [0.29, 0.717) is 5.92 Å². The summed E-state index contributed by atoms with van der Waals surface area (Å²) >= 11 is 3.34. The minimum atomic E-state index is 0.638. The van der Waals surface area contributed by atoms with Crippen LogP contribution in [0.5, 0.6) is 0 Å². The molecule has 0 aliphatic rings. The van der Waals surface area contributed by atoms with E-state index in [9.17, 15) is 0 Å². The predicted octanol–water partition coefficient (Wildman–Crippen LogP) is 2.66. The van der Waals surface area contributed by atoms with Crippen LogP contribution in [0.3, 0.4) is 0 Å². The molecule has 0 amide bonds. The van der Waals surface area contributed by atoms with Crippen LogP contribution in [0.2, 0.25) is 0 Å². The molecule has 4 heteroatoms. The van der Waals surface area contributed by atoms with E-state index in [1.54, 1.807) is 6.20 Å². The highest BCUT2D eigenvalue weighted by Gasteiger charge is 2.07. The van der Waals surface area contributed by atoms with Gasteiger partial charge in [-0.15, -0.1) is 0 Å². The Balaban J connectivity index is 2.58. The van der Waals surface area contributed by atoms with Crippen molar-refractivity contribution in [3.8, 4) is 0 Å². The third-order valence-corrected chi connectivity index (χ3v) is 2.71. The fraction of sp³-hybridized carbons (Fsp3) is 0.667. The van der Waals surface area contributed by atoms with E-state index in [4.69, 9.17) is 5.73 Å². The second-order valence-corrected chi connectivity index (χ2v) is 4.31. The van der Waals surface area contributed by atoms with E-state index < -0.39 is 0 Å². The van der Waals surface area contributed by atoms with Gasteiger partial charge in [-0.05, 0) is 28.3 Å². The smallest absolute Gasteiger partial charge is 0.136 e. The van der Waals surface area contributed by atoms with Crippen molar-refractivity contribution in [1.82, 2.24) is 9.78 Å². The first kappa shape index (κ1) is 10.6. The molecule has 0 saturated carbocycles. The molecule has 1 aromatic rings. The Hall–Kier alpha value is -0.510. The molecular weight excluding hydrogens is 230 g/mol. The van der Waals surface area contributed by atoms with Crippen molar-refractivity contribution in [2.45, 2.75) is 33.2 Å². The molecule has 0 aromatic carbocycles. The number of rotatable bonds is 4. The van der Waals surface area contributed by atoms with Gasteiger partial charge in [0.05, 0.1) is 10.7 Å². The molecular formula is C9H16BrN3. The minimum absolute atomic E-state index is 0.638. The first-order chi connectivity index (χ1) is 6.15. The fourth-order valence-corrected chi connectivity index (χ4v) is 1.69. The third-order valence-electron chi connectivity index (χ3n) is 2.10. The summed E-state index contributed by atoms with van der Waals surface area (Å²) in [4.78, 5) is 0. The summed E-state index contributed by atoms with van der Waals surface area (Å²) in [6.07, 6.45) is 4.18. The van der Waals surface area contributed by atoms with Crippen molar-refractivity contribution in [2.24, 2.45) is 5.92 Å². The molecule has 74 valence electrons. The molecule has 0 spiro atoms. The van der Waals surface area contributed by atoms with Crippen molar-refractivity contribution in [2.75, 3.05) is 5.73 Å². The zero-order chi connectivity index (χ0) is 9.84. The SMILES string of the molecule is CCCC(C)Cn1ncc(Br)c1N. The monoisotopic (exact) mass is 245 g/mol. The maximum atomic E-state index is 5.80. The average molecular weight is 246 g/mol. The van der Waals surface area contributed by atoms with Crippen molar-refractivity contribution >= 4 is 21.7 Å². The molecule has 2 N–H and O–H groups in total. The van der Waals surface area contributed by atoms with Crippen LogP contribution in [0.4, 0.5) is 5.82 Å². The van der Waals surface area contributed by atoms with Crippen molar-refractivity contribution in [3.05, 3.63) is 10.7 Å². The minimum Gasteiger partial charge on any atom is -0.383 e. The van der Waals surface area contributed by atoms with Gasteiger partial charge in [0.15, 0.2) is 0 Å². The average Bonchev–Trinajstić information content (AvgIpc) is 2.37. The lowest BCUT2D eigenvalue weighted by atomic mass is 10.1. The van der Waals surface area contributed by atoms with Gasteiger partial charge in [-0.25, -0.2) is 4.68 Å². The van der Waals surface area contributed by atoms with Gasteiger partial charge in [-0.3, -0.25) is 0 Å². The first-order valence-corrected chi connectivity index (χ1v) is 5.41.